The standard InChI is InChI=1S/C31H39F4N5O3/c1-19-27(30(41)39-11-5-24(6-12-39)36-26-9-15-43-18-25(26)32)37-28(20-7-13-42-14-8-20)38-29(19)40-10-4-21-16-23(31(33,34)35)3-2-22(21)17-40/h2-3,16,20,24-26,36H,4-15,17-18H2,1H3. The summed E-state index contributed by atoms with van der Waals surface area (Å²) in [5.74, 6) is 1.20. The maximum atomic E-state index is 14.3. The summed E-state index contributed by atoms with van der Waals surface area (Å²) in [5.41, 5.74) is 1.94. The molecule has 1 amide bonds. The van der Waals surface area contributed by atoms with Crippen LogP contribution in [0.3, 0.4) is 0 Å². The van der Waals surface area contributed by atoms with E-state index in [2.05, 4.69) is 10.2 Å². The van der Waals surface area contributed by atoms with Crippen LogP contribution >= 0.6 is 0 Å². The molecule has 2 unspecified atom stereocenters. The summed E-state index contributed by atoms with van der Waals surface area (Å²) in [7, 11) is 0. The van der Waals surface area contributed by atoms with Gasteiger partial charge in [0.2, 0.25) is 0 Å². The molecule has 3 fully saturated rings. The molecule has 4 aliphatic rings. The highest BCUT2D eigenvalue weighted by molar-refractivity contribution is 5.95. The van der Waals surface area contributed by atoms with Crippen molar-refractivity contribution < 1.29 is 31.8 Å². The molecule has 0 bridgehead atoms. The largest absolute Gasteiger partial charge is 0.416 e. The quantitative estimate of drug-likeness (QED) is 0.500. The lowest BCUT2D eigenvalue weighted by Crippen LogP contribution is -2.52. The fraction of sp³-hybridized carbons (Fsp3) is 0.645. The van der Waals surface area contributed by atoms with E-state index in [0.717, 1.165) is 37.3 Å². The number of benzene rings is 1. The zero-order valence-corrected chi connectivity index (χ0v) is 24.5. The van der Waals surface area contributed by atoms with E-state index in [1.165, 1.54) is 6.07 Å². The second-order valence-corrected chi connectivity index (χ2v) is 12.1. The van der Waals surface area contributed by atoms with Crippen molar-refractivity contribution in [2.24, 2.45) is 0 Å². The van der Waals surface area contributed by atoms with Crippen LogP contribution in [0.15, 0.2) is 18.2 Å². The van der Waals surface area contributed by atoms with E-state index in [4.69, 9.17) is 19.4 Å². The molecule has 8 nitrogen and oxygen atoms in total. The van der Waals surface area contributed by atoms with Crippen molar-refractivity contribution in [3.05, 3.63) is 52.0 Å². The van der Waals surface area contributed by atoms with Crippen molar-refractivity contribution in [3.63, 3.8) is 0 Å². The number of rotatable bonds is 5. The molecule has 4 aliphatic heterocycles. The molecule has 6 rings (SSSR count). The minimum atomic E-state index is -4.38. The number of halogens is 4. The molecule has 0 radical (unpaired) electrons. The van der Waals surface area contributed by atoms with Crippen LogP contribution in [-0.4, -0.2) is 85.1 Å². The van der Waals surface area contributed by atoms with E-state index in [1.807, 2.05) is 11.8 Å². The molecule has 43 heavy (non-hydrogen) atoms. The number of likely N-dealkylation sites (tertiary alicyclic amines) is 1. The highest BCUT2D eigenvalue weighted by Gasteiger charge is 2.34. The number of ether oxygens (including phenoxy) is 2. The van der Waals surface area contributed by atoms with Crippen LogP contribution in [0.2, 0.25) is 0 Å². The van der Waals surface area contributed by atoms with E-state index in [0.29, 0.717) is 87.3 Å². The fourth-order valence-electron chi connectivity index (χ4n) is 6.68. The van der Waals surface area contributed by atoms with Gasteiger partial charge in [0.25, 0.3) is 5.91 Å². The number of nitrogens with zero attached hydrogens (tertiary/aromatic N) is 4. The Bertz CT molecular complexity index is 1310. The molecule has 1 N–H and O–H groups in total. The predicted octanol–water partition coefficient (Wildman–Crippen LogP) is 4.58. The normalized spacial score (nSPS) is 24.2. The van der Waals surface area contributed by atoms with Crippen molar-refractivity contribution >= 4 is 11.7 Å². The average molecular weight is 606 g/mol. The van der Waals surface area contributed by atoms with Crippen molar-refractivity contribution in [2.75, 3.05) is 51.0 Å². The highest BCUT2D eigenvalue weighted by atomic mass is 19.4. The lowest BCUT2D eigenvalue weighted by Gasteiger charge is -2.37. The van der Waals surface area contributed by atoms with Gasteiger partial charge >= 0.3 is 6.18 Å². The summed E-state index contributed by atoms with van der Waals surface area (Å²) in [6.45, 7) is 5.73. The fourth-order valence-corrected chi connectivity index (χ4v) is 6.68. The average Bonchev–Trinajstić information content (AvgIpc) is 3.02. The highest BCUT2D eigenvalue weighted by Crippen LogP contribution is 2.35. The third-order valence-electron chi connectivity index (χ3n) is 9.29. The number of carbonyl (C=O) groups excluding carboxylic acids is 1. The molecular formula is C31H39F4N5O3. The number of hydrogen-bond donors (Lipinski definition) is 1. The summed E-state index contributed by atoms with van der Waals surface area (Å²) in [5, 5.41) is 3.44. The molecule has 5 heterocycles. The van der Waals surface area contributed by atoms with Crippen LogP contribution < -0.4 is 10.2 Å². The lowest BCUT2D eigenvalue weighted by atomic mass is 9.96. The van der Waals surface area contributed by atoms with Gasteiger partial charge in [-0.15, -0.1) is 0 Å². The van der Waals surface area contributed by atoms with Gasteiger partial charge in [-0.25, -0.2) is 14.4 Å². The summed E-state index contributed by atoms with van der Waals surface area (Å²) in [4.78, 5) is 27.7. The first kappa shape index (κ1) is 30.2. The number of aromatic nitrogens is 2. The van der Waals surface area contributed by atoms with Crippen LogP contribution in [0.4, 0.5) is 23.4 Å². The van der Waals surface area contributed by atoms with E-state index in [1.54, 1.807) is 6.07 Å². The molecule has 2 aromatic rings. The minimum absolute atomic E-state index is 0.0640. The van der Waals surface area contributed by atoms with E-state index in [-0.39, 0.29) is 30.5 Å². The summed E-state index contributed by atoms with van der Waals surface area (Å²) >= 11 is 0. The van der Waals surface area contributed by atoms with Crippen molar-refractivity contribution in [3.8, 4) is 0 Å². The van der Waals surface area contributed by atoms with Gasteiger partial charge in [0, 0.05) is 69.6 Å². The zero-order valence-electron chi connectivity index (χ0n) is 24.5. The van der Waals surface area contributed by atoms with Crippen molar-refractivity contribution in [2.45, 2.75) is 82.3 Å². The Balaban J connectivity index is 1.22. The molecule has 0 saturated carbocycles. The number of piperidine rings is 1. The van der Waals surface area contributed by atoms with E-state index in [9.17, 15) is 22.4 Å². The molecular weight excluding hydrogens is 566 g/mol. The third-order valence-corrected chi connectivity index (χ3v) is 9.29. The summed E-state index contributed by atoms with van der Waals surface area (Å²) in [6, 6.07) is 3.85. The molecule has 2 atom stereocenters. The van der Waals surface area contributed by atoms with Gasteiger partial charge in [0.05, 0.1) is 12.2 Å². The number of alkyl halides is 4. The van der Waals surface area contributed by atoms with Crippen LogP contribution in [0.1, 0.15) is 76.6 Å². The van der Waals surface area contributed by atoms with Gasteiger partial charge in [0.15, 0.2) is 0 Å². The first-order valence-electron chi connectivity index (χ1n) is 15.3. The van der Waals surface area contributed by atoms with Gasteiger partial charge in [0.1, 0.15) is 23.5 Å². The van der Waals surface area contributed by atoms with E-state index >= 15 is 0 Å². The van der Waals surface area contributed by atoms with Crippen molar-refractivity contribution in [1.29, 1.82) is 0 Å². The SMILES string of the molecule is Cc1c(C(=O)N2CCC(NC3CCOCC3F)CC2)nc(C2CCOCC2)nc1N1CCc2cc(C(F)(F)F)ccc2C1. The van der Waals surface area contributed by atoms with Gasteiger partial charge in [-0.05, 0) is 68.7 Å². The number of nitrogens with one attached hydrogen (secondary N) is 1. The smallest absolute Gasteiger partial charge is 0.381 e. The van der Waals surface area contributed by atoms with Crippen molar-refractivity contribution in [1.82, 2.24) is 20.2 Å². The Kier molecular flexibility index (Phi) is 8.89. The Labute approximate surface area is 249 Å². The lowest BCUT2D eigenvalue weighted by molar-refractivity contribution is -0.137. The number of amides is 1. The topological polar surface area (TPSA) is 79.8 Å². The predicted molar refractivity (Wildman–Crippen MR) is 152 cm³/mol. The number of carbonyl (C=O) groups is 1. The third kappa shape index (κ3) is 6.66. The molecule has 1 aromatic heterocycles. The van der Waals surface area contributed by atoms with Gasteiger partial charge < -0.3 is 24.6 Å². The maximum Gasteiger partial charge on any atom is 0.416 e. The maximum absolute atomic E-state index is 14.3. The first-order chi connectivity index (χ1) is 20.7. The molecule has 12 heteroatoms. The summed E-state index contributed by atoms with van der Waals surface area (Å²) < 4.78 is 64.9. The second-order valence-electron chi connectivity index (χ2n) is 12.1. The minimum Gasteiger partial charge on any atom is -0.381 e. The van der Waals surface area contributed by atoms with Crippen LogP contribution in [-0.2, 0) is 28.6 Å². The molecule has 0 spiro atoms. The molecule has 0 aliphatic carbocycles. The zero-order chi connectivity index (χ0) is 30.1. The van der Waals surface area contributed by atoms with Gasteiger partial charge in [-0.3, -0.25) is 4.79 Å². The Morgan fingerprint density at radius 1 is 0.977 bits per heavy atom. The monoisotopic (exact) mass is 605 g/mol. The number of anilines is 1. The summed E-state index contributed by atoms with van der Waals surface area (Å²) in [6.07, 6.45) is -1.34. The Hall–Kier alpha value is -2.83. The molecule has 3 saturated heterocycles. The van der Waals surface area contributed by atoms with Gasteiger partial charge in [-0.2, -0.15) is 13.2 Å². The number of hydrogen-bond acceptors (Lipinski definition) is 7. The Morgan fingerprint density at radius 3 is 2.44 bits per heavy atom. The van der Waals surface area contributed by atoms with Crippen LogP contribution in [0, 0.1) is 6.92 Å². The van der Waals surface area contributed by atoms with E-state index < -0.39 is 17.9 Å². The second kappa shape index (κ2) is 12.6. The van der Waals surface area contributed by atoms with Gasteiger partial charge in [-0.1, -0.05) is 6.07 Å². The Morgan fingerprint density at radius 2 is 1.72 bits per heavy atom. The number of fused-ring (bicyclic) bond motifs is 1. The first-order valence-corrected chi connectivity index (χ1v) is 15.3. The van der Waals surface area contributed by atoms with Crippen LogP contribution in [0.5, 0.6) is 0 Å². The molecule has 234 valence electrons. The van der Waals surface area contributed by atoms with Crippen LogP contribution in [0.25, 0.3) is 0 Å². The molecule has 1 aromatic carbocycles.